The van der Waals surface area contributed by atoms with Gasteiger partial charge in [-0.3, -0.25) is 14.4 Å². The van der Waals surface area contributed by atoms with Crippen LogP contribution in [-0.2, 0) is 14.4 Å². The summed E-state index contributed by atoms with van der Waals surface area (Å²) in [7, 11) is 0. The molecule has 0 bridgehead atoms. The molecule has 6 nitrogen and oxygen atoms in total. The van der Waals surface area contributed by atoms with Gasteiger partial charge in [0.25, 0.3) is 0 Å². The molecule has 3 saturated carbocycles. The number of fused-ring (bicyclic) bond motifs is 5. The average molecular weight is 494 g/mol. The Kier molecular flexibility index (Phi) is 6.44. The molecule has 3 N–H and O–H groups in total. The quantitative estimate of drug-likeness (QED) is 0.492. The van der Waals surface area contributed by atoms with Gasteiger partial charge in [-0.25, -0.2) is 4.39 Å². The van der Waals surface area contributed by atoms with Gasteiger partial charge in [0.05, 0.1) is 11.9 Å². The number of amides is 1. The molecule has 0 radical (unpaired) electrons. The number of aliphatic hydroxyl groups is 2. The second-order valence-corrected chi connectivity index (χ2v) is 12.2. The first-order valence-electron chi connectivity index (χ1n) is 12.2. The van der Waals surface area contributed by atoms with E-state index in [1.807, 2.05) is 13.8 Å². The normalized spacial score (nSPS) is 45.1. The fourth-order valence-corrected chi connectivity index (χ4v) is 8.51. The van der Waals surface area contributed by atoms with E-state index in [4.69, 9.17) is 0 Å². The van der Waals surface area contributed by atoms with Crippen LogP contribution < -0.4 is 5.32 Å². The number of ketones is 2. The highest BCUT2D eigenvalue weighted by Gasteiger charge is 2.75. The molecule has 0 heterocycles. The van der Waals surface area contributed by atoms with Gasteiger partial charge in [-0.1, -0.05) is 25.5 Å². The Morgan fingerprint density at radius 1 is 1.29 bits per heavy atom. The van der Waals surface area contributed by atoms with Crippen molar-refractivity contribution in [3.05, 3.63) is 23.8 Å². The van der Waals surface area contributed by atoms with Gasteiger partial charge >= 0.3 is 0 Å². The van der Waals surface area contributed by atoms with Gasteiger partial charge < -0.3 is 15.5 Å². The zero-order chi connectivity index (χ0) is 25.1. The highest BCUT2D eigenvalue weighted by atomic mass is 32.2. The summed E-state index contributed by atoms with van der Waals surface area (Å²) >= 11 is 1.36. The summed E-state index contributed by atoms with van der Waals surface area (Å²) in [5.74, 6) is -1.09. The van der Waals surface area contributed by atoms with E-state index in [0.29, 0.717) is 37.1 Å². The molecule has 2 unspecified atom stereocenters. The van der Waals surface area contributed by atoms with Gasteiger partial charge in [-0.05, 0) is 56.6 Å². The van der Waals surface area contributed by atoms with E-state index in [1.54, 1.807) is 13.0 Å². The van der Waals surface area contributed by atoms with Crippen molar-refractivity contribution in [1.82, 2.24) is 5.32 Å². The number of halogens is 1. The van der Waals surface area contributed by atoms with Gasteiger partial charge in [0.15, 0.2) is 17.2 Å². The SMILES string of the molecule is CC(=O)NCCSCC(=O)[C@@]1(O)C(C)C[C@H]2[C@@H]3CCC4=CC(=O)C=C[C@]4(C)[C@@]3(F)C(O)C[C@@]21C. The van der Waals surface area contributed by atoms with Gasteiger partial charge in [-0.2, -0.15) is 11.8 Å². The molecule has 0 aromatic rings. The summed E-state index contributed by atoms with van der Waals surface area (Å²) in [5.41, 5.74) is -4.95. The smallest absolute Gasteiger partial charge is 0.216 e. The van der Waals surface area contributed by atoms with Crippen LogP contribution in [0.4, 0.5) is 4.39 Å². The first-order valence-corrected chi connectivity index (χ1v) is 13.4. The van der Waals surface area contributed by atoms with Gasteiger partial charge in [0.1, 0.15) is 5.60 Å². The van der Waals surface area contributed by atoms with E-state index in [-0.39, 0.29) is 41.5 Å². The van der Waals surface area contributed by atoms with Crippen LogP contribution in [0.1, 0.15) is 53.4 Å². The summed E-state index contributed by atoms with van der Waals surface area (Å²) in [6.07, 6.45) is 4.66. The molecular weight excluding hydrogens is 457 g/mol. The Labute approximate surface area is 204 Å². The summed E-state index contributed by atoms with van der Waals surface area (Å²) in [4.78, 5) is 36.4. The Bertz CT molecular complexity index is 967. The maximum Gasteiger partial charge on any atom is 0.216 e. The number of alkyl halides is 1. The van der Waals surface area contributed by atoms with E-state index in [2.05, 4.69) is 5.32 Å². The molecular formula is C26H36FNO5S. The molecule has 4 aliphatic carbocycles. The van der Waals surface area contributed by atoms with Crippen molar-refractivity contribution in [2.45, 2.75) is 70.8 Å². The Morgan fingerprint density at radius 2 is 2.00 bits per heavy atom. The van der Waals surface area contributed by atoms with Crippen LogP contribution >= 0.6 is 11.8 Å². The monoisotopic (exact) mass is 493 g/mol. The lowest BCUT2D eigenvalue weighted by molar-refractivity contribution is -0.218. The molecule has 0 spiro atoms. The van der Waals surface area contributed by atoms with Crippen LogP contribution in [0, 0.1) is 28.6 Å². The van der Waals surface area contributed by atoms with Crippen LogP contribution in [0.5, 0.6) is 0 Å². The van der Waals surface area contributed by atoms with Crippen molar-refractivity contribution in [3.63, 3.8) is 0 Å². The van der Waals surface area contributed by atoms with Crippen molar-refractivity contribution in [2.75, 3.05) is 18.1 Å². The molecule has 0 saturated heterocycles. The number of hydrogen-bond acceptors (Lipinski definition) is 6. The van der Waals surface area contributed by atoms with Gasteiger partial charge in [-0.15, -0.1) is 0 Å². The minimum Gasteiger partial charge on any atom is -0.390 e. The molecule has 1 amide bonds. The second kappa shape index (κ2) is 8.56. The van der Waals surface area contributed by atoms with E-state index in [0.717, 1.165) is 0 Å². The third-order valence-corrected chi connectivity index (χ3v) is 10.5. The highest BCUT2D eigenvalue weighted by molar-refractivity contribution is 7.99. The van der Waals surface area contributed by atoms with Crippen molar-refractivity contribution in [1.29, 1.82) is 0 Å². The summed E-state index contributed by atoms with van der Waals surface area (Å²) in [6, 6.07) is 0. The molecule has 0 aromatic heterocycles. The van der Waals surface area contributed by atoms with Crippen LogP contribution in [0.25, 0.3) is 0 Å². The summed E-state index contributed by atoms with van der Waals surface area (Å²) in [6.45, 7) is 7.34. The molecule has 8 atom stereocenters. The predicted molar refractivity (Wildman–Crippen MR) is 129 cm³/mol. The Balaban J connectivity index is 1.61. The number of carbonyl (C=O) groups excluding carboxylic acids is 3. The average Bonchev–Trinajstić information content (AvgIpc) is 2.96. The van der Waals surface area contributed by atoms with E-state index >= 15 is 4.39 Å². The van der Waals surface area contributed by atoms with Crippen molar-refractivity contribution in [2.24, 2.45) is 28.6 Å². The maximum atomic E-state index is 17.1. The van der Waals surface area contributed by atoms with Crippen LogP contribution in [0.15, 0.2) is 23.8 Å². The number of aliphatic hydroxyl groups excluding tert-OH is 1. The van der Waals surface area contributed by atoms with Gasteiger partial charge in [0.2, 0.25) is 5.91 Å². The number of Topliss-reactive ketones (excluding diaryl/α,β-unsaturated/α-hetero) is 1. The first kappa shape index (κ1) is 25.6. The topological polar surface area (TPSA) is 104 Å². The number of nitrogens with one attached hydrogen (secondary N) is 1. The highest BCUT2D eigenvalue weighted by Crippen LogP contribution is 2.70. The first-order chi connectivity index (χ1) is 15.8. The Morgan fingerprint density at radius 3 is 2.68 bits per heavy atom. The zero-order valence-electron chi connectivity index (χ0n) is 20.4. The molecule has 34 heavy (non-hydrogen) atoms. The Hall–Kier alpha value is -1.51. The maximum absolute atomic E-state index is 17.1. The largest absolute Gasteiger partial charge is 0.390 e. The number of rotatable bonds is 6. The van der Waals surface area contributed by atoms with Crippen LogP contribution in [-0.4, -0.2) is 63.1 Å². The predicted octanol–water partition coefficient (Wildman–Crippen LogP) is 2.77. The second-order valence-electron chi connectivity index (χ2n) is 11.1. The number of hydrogen-bond donors (Lipinski definition) is 3. The minimum atomic E-state index is -1.97. The fraction of sp³-hybridized carbons (Fsp3) is 0.731. The van der Waals surface area contributed by atoms with Crippen molar-refractivity contribution >= 4 is 29.2 Å². The molecule has 4 rings (SSSR count). The third-order valence-electron chi connectivity index (χ3n) is 9.50. The fourth-order valence-electron chi connectivity index (χ4n) is 7.71. The number of allylic oxidation sites excluding steroid dienone is 4. The lowest BCUT2D eigenvalue weighted by Gasteiger charge is -2.62. The molecule has 0 aliphatic heterocycles. The van der Waals surface area contributed by atoms with E-state index < -0.39 is 34.1 Å². The van der Waals surface area contributed by atoms with Gasteiger partial charge in [0, 0.05) is 36.0 Å². The van der Waals surface area contributed by atoms with Crippen LogP contribution in [0.2, 0.25) is 0 Å². The minimum absolute atomic E-state index is 0.0154. The van der Waals surface area contributed by atoms with Crippen LogP contribution in [0.3, 0.4) is 0 Å². The van der Waals surface area contributed by atoms with E-state index in [1.165, 1.54) is 30.8 Å². The number of thioether (sulfide) groups is 1. The van der Waals surface area contributed by atoms with E-state index in [9.17, 15) is 24.6 Å². The molecule has 3 fully saturated rings. The molecule has 4 aliphatic rings. The van der Waals surface area contributed by atoms with Crippen molar-refractivity contribution < 1.29 is 29.0 Å². The van der Waals surface area contributed by atoms with Crippen molar-refractivity contribution in [3.8, 4) is 0 Å². The number of carbonyl (C=O) groups is 3. The summed E-state index contributed by atoms with van der Waals surface area (Å²) in [5, 5.41) is 26.0. The molecule has 8 heteroatoms. The molecule has 188 valence electrons. The zero-order valence-corrected chi connectivity index (χ0v) is 21.2. The summed E-state index contributed by atoms with van der Waals surface area (Å²) < 4.78 is 17.1. The lowest BCUT2D eigenvalue weighted by Crippen LogP contribution is -2.69. The standard InChI is InChI=1S/C26H36FNO5S/c1-15-11-20-19-6-5-17-12-18(30)7-8-23(17,3)25(19,27)21(31)13-24(20,4)26(15,33)22(32)14-34-10-9-28-16(2)29/h7-8,12,15,19-21,31,33H,5-6,9-11,13-14H2,1-4H3,(H,28,29)/t15?,19-,20-,21?,23-,24-,25-,26-/m0/s1. The lowest BCUT2D eigenvalue weighted by atomic mass is 9.44. The molecule has 0 aromatic carbocycles. The third kappa shape index (κ3) is 3.39.